The molecular formula is C12H13BrN2O4. The molecule has 0 saturated heterocycles. The average molecular weight is 329 g/mol. The predicted molar refractivity (Wildman–Crippen MR) is 71.2 cm³/mol. The fraction of sp³-hybridized carbons (Fsp3) is 0.250. The summed E-state index contributed by atoms with van der Waals surface area (Å²) in [5, 5.41) is 11.1. The van der Waals surface area contributed by atoms with E-state index in [-0.39, 0.29) is 6.42 Å². The minimum atomic E-state index is -1.29. The number of hydrogen-bond acceptors (Lipinski definition) is 3. The third-order valence-corrected chi connectivity index (χ3v) is 2.85. The number of aliphatic carboxylic acids is 1. The zero-order chi connectivity index (χ0) is 14.4. The van der Waals surface area contributed by atoms with E-state index in [2.05, 4.69) is 21.2 Å². The number of rotatable bonds is 6. The Labute approximate surface area is 118 Å². The Bertz CT molecular complexity index is 487. The van der Waals surface area contributed by atoms with Crippen LogP contribution in [0.1, 0.15) is 12.0 Å². The van der Waals surface area contributed by atoms with Crippen LogP contribution < -0.4 is 11.1 Å². The number of amides is 2. The summed E-state index contributed by atoms with van der Waals surface area (Å²) in [7, 11) is 0. The van der Waals surface area contributed by atoms with Gasteiger partial charge in [0.1, 0.15) is 6.04 Å². The van der Waals surface area contributed by atoms with Gasteiger partial charge in [0.2, 0.25) is 11.8 Å². The maximum atomic E-state index is 11.7. The van der Waals surface area contributed by atoms with Gasteiger partial charge in [0, 0.05) is 4.47 Å². The molecule has 102 valence electrons. The molecule has 2 amide bonds. The molecule has 1 aromatic rings. The Morgan fingerprint density at radius 3 is 2.32 bits per heavy atom. The highest BCUT2D eigenvalue weighted by Crippen LogP contribution is 2.10. The van der Waals surface area contributed by atoms with E-state index in [4.69, 9.17) is 10.8 Å². The number of nitrogens with two attached hydrogens (primary N) is 1. The van der Waals surface area contributed by atoms with Crippen LogP contribution in [-0.4, -0.2) is 28.9 Å². The van der Waals surface area contributed by atoms with E-state index in [1.807, 2.05) is 0 Å². The minimum Gasteiger partial charge on any atom is -0.480 e. The first-order chi connectivity index (χ1) is 8.88. The normalized spacial score (nSPS) is 11.6. The number of hydrogen-bond donors (Lipinski definition) is 3. The van der Waals surface area contributed by atoms with Crippen LogP contribution in [0.25, 0.3) is 0 Å². The van der Waals surface area contributed by atoms with Crippen molar-refractivity contribution in [1.82, 2.24) is 5.32 Å². The second kappa shape index (κ2) is 6.89. The van der Waals surface area contributed by atoms with Crippen molar-refractivity contribution in [3.8, 4) is 0 Å². The largest absolute Gasteiger partial charge is 0.480 e. The van der Waals surface area contributed by atoms with Gasteiger partial charge in [-0.15, -0.1) is 0 Å². The first-order valence-electron chi connectivity index (χ1n) is 5.43. The first kappa shape index (κ1) is 15.2. The second-order valence-corrected chi connectivity index (χ2v) is 4.85. The van der Waals surface area contributed by atoms with Gasteiger partial charge in [0.15, 0.2) is 0 Å². The first-order valence-corrected chi connectivity index (χ1v) is 6.22. The standard InChI is InChI=1S/C12H13BrN2O4/c13-8-3-1-7(2-4-8)5-11(17)15-9(12(18)19)6-10(14)16/h1-4,9H,5-6H2,(H2,14,16)(H,15,17)(H,18,19). The fourth-order valence-corrected chi connectivity index (χ4v) is 1.70. The summed E-state index contributed by atoms with van der Waals surface area (Å²) in [6, 6.07) is 5.75. The average Bonchev–Trinajstić information content (AvgIpc) is 2.30. The number of carbonyl (C=O) groups is 3. The SMILES string of the molecule is NC(=O)CC(NC(=O)Cc1ccc(Br)cc1)C(=O)O. The van der Waals surface area contributed by atoms with E-state index >= 15 is 0 Å². The van der Waals surface area contributed by atoms with Crippen LogP contribution in [0, 0.1) is 0 Å². The van der Waals surface area contributed by atoms with Gasteiger partial charge in [-0.1, -0.05) is 28.1 Å². The molecule has 0 aliphatic rings. The van der Waals surface area contributed by atoms with E-state index in [9.17, 15) is 14.4 Å². The van der Waals surface area contributed by atoms with Crippen molar-refractivity contribution in [1.29, 1.82) is 0 Å². The highest BCUT2D eigenvalue weighted by atomic mass is 79.9. The maximum Gasteiger partial charge on any atom is 0.326 e. The molecule has 1 rings (SSSR count). The monoisotopic (exact) mass is 328 g/mol. The van der Waals surface area contributed by atoms with Crippen molar-refractivity contribution >= 4 is 33.7 Å². The molecule has 7 heteroatoms. The molecule has 1 unspecified atom stereocenters. The lowest BCUT2D eigenvalue weighted by Crippen LogP contribution is -2.43. The summed E-state index contributed by atoms with van der Waals surface area (Å²) in [4.78, 5) is 33.2. The van der Waals surface area contributed by atoms with Gasteiger partial charge in [-0.3, -0.25) is 9.59 Å². The van der Waals surface area contributed by atoms with Crippen molar-refractivity contribution in [2.75, 3.05) is 0 Å². The van der Waals surface area contributed by atoms with E-state index in [1.165, 1.54) is 0 Å². The quantitative estimate of drug-likeness (QED) is 0.703. The highest BCUT2D eigenvalue weighted by Gasteiger charge is 2.21. The fourth-order valence-electron chi connectivity index (χ4n) is 1.43. The van der Waals surface area contributed by atoms with Crippen molar-refractivity contribution in [3.05, 3.63) is 34.3 Å². The van der Waals surface area contributed by atoms with Gasteiger partial charge >= 0.3 is 5.97 Å². The molecule has 1 aromatic carbocycles. The molecule has 6 nitrogen and oxygen atoms in total. The molecule has 0 spiro atoms. The van der Waals surface area contributed by atoms with E-state index in [0.717, 1.165) is 10.0 Å². The Morgan fingerprint density at radius 1 is 1.26 bits per heavy atom. The lowest BCUT2D eigenvalue weighted by molar-refractivity contribution is -0.143. The number of primary amides is 1. The van der Waals surface area contributed by atoms with Crippen molar-refractivity contribution in [3.63, 3.8) is 0 Å². The number of carbonyl (C=O) groups excluding carboxylic acids is 2. The Hall–Kier alpha value is -1.89. The third-order valence-electron chi connectivity index (χ3n) is 2.32. The van der Waals surface area contributed by atoms with Crippen LogP contribution in [0.4, 0.5) is 0 Å². The van der Waals surface area contributed by atoms with E-state index < -0.39 is 30.2 Å². The number of benzene rings is 1. The summed E-state index contributed by atoms with van der Waals surface area (Å²) in [6.07, 6.45) is -0.392. The van der Waals surface area contributed by atoms with E-state index in [0.29, 0.717) is 0 Å². The number of carboxylic acids is 1. The van der Waals surface area contributed by atoms with Gasteiger partial charge < -0.3 is 16.2 Å². The topological polar surface area (TPSA) is 109 Å². The van der Waals surface area contributed by atoms with Crippen molar-refractivity contribution in [2.45, 2.75) is 18.9 Å². The van der Waals surface area contributed by atoms with Crippen LogP contribution in [0.15, 0.2) is 28.7 Å². The van der Waals surface area contributed by atoms with Crippen LogP contribution in [0.5, 0.6) is 0 Å². The molecule has 0 aliphatic carbocycles. The summed E-state index contributed by atoms with van der Waals surface area (Å²) in [5.41, 5.74) is 5.66. The van der Waals surface area contributed by atoms with Gasteiger partial charge in [0.05, 0.1) is 12.8 Å². The molecule has 0 radical (unpaired) electrons. The summed E-state index contributed by atoms with van der Waals surface area (Å²) in [6.45, 7) is 0. The molecule has 19 heavy (non-hydrogen) atoms. The van der Waals surface area contributed by atoms with Crippen molar-refractivity contribution in [2.24, 2.45) is 5.73 Å². The molecular weight excluding hydrogens is 316 g/mol. The lowest BCUT2D eigenvalue weighted by Gasteiger charge is -2.12. The van der Waals surface area contributed by atoms with Gasteiger partial charge in [-0.05, 0) is 17.7 Å². The van der Waals surface area contributed by atoms with Crippen LogP contribution in [-0.2, 0) is 20.8 Å². The van der Waals surface area contributed by atoms with E-state index in [1.54, 1.807) is 24.3 Å². The number of carboxylic acid groups (broad SMARTS) is 1. The number of halogens is 1. The number of nitrogens with one attached hydrogen (secondary N) is 1. The van der Waals surface area contributed by atoms with Gasteiger partial charge in [-0.2, -0.15) is 0 Å². The summed E-state index contributed by atoms with van der Waals surface area (Å²) >= 11 is 3.27. The molecule has 0 aliphatic heterocycles. The molecule has 0 heterocycles. The maximum absolute atomic E-state index is 11.7. The molecule has 0 saturated carbocycles. The molecule has 0 fully saturated rings. The van der Waals surface area contributed by atoms with Gasteiger partial charge in [0.25, 0.3) is 0 Å². The Balaban J connectivity index is 2.59. The second-order valence-electron chi connectivity index (χ2n) is 3.93. The predicted octanol–water partition coefficient (Wildman–Crippen LogP) is 0.436. The molecule has 0 bridgehead atoms. The zero-order valence-corrected chi connectivity index (χ0v) is 11.5. The van der Waals surface area contributed by atoms with Crippen molar-refractivity contribution < 1.29 is 19.5 Å². The third kappa shape index (κ3) is 5.52. The summed E-state index contributed by atoms with van der Waals surface area (Å²) < 4.78 is 0.883. The van der Waals surface area contributed by atoms with Crippen LogP contribution in [0.2, 0.25) is 0 Å². The molecule has 4 N–H and O–H groups in total. The molecule has 1 atom stereocenters. The zero-order valence-electron chi connectivity index (χ0n) is 9.93. The molecule has 0 aromatic heterocycles. The van der Waals surface area contributed by atoms with Crippen LogP contribution in [0.3, 0.4) is 0 Å². The lowest BCUT2D eigenvalue weighted by atomic mass is 10.1. The Morgan fingerprint density at radius 2 is 1.84 bits per heavy atom. The summed E-state index contributed by atoms with van der Waals surface area (Å²) in [5.74, 6) is -2.55. The van der Waals surface area contributed by atoms with Crippen LogP contribution >= 0.6 is 15.9 Å². The van der Waals surface area contributed by atoms with Gasteiger partial charge in [-0.25, -0.2) is 4.79 Å². The smallest absolute Gasteiger partial charge is 0.326 e. The highest BCUT2D eigenvalue weighted by molar-refractivity contribution is 9.10. The minimum absolute atomic E-state index is 0.0375. The Kier molecular flexibility index (Phi) is 5.50.